The summed E-state index contributed by atoms with van der Waals surface area (Å²) in [7, 11) is 0. The van der Waals surface area contributed by atoms with Crippen LogP contribution in [0.5, 0.6) is 0 Å². The van der Waals surface area contributed by atoms with Crippen molar-refractivity contribution >= 4 is 5.78 Å². The molecule has 12 heavy (non-hydrogen) atoms. The van der Waals surface area contributed by atoms with Gasteiger partial charge in [-0.25, -0.2) is 0 Å². The van der Waals surface area contributed by atoms with Gasteiger partial charge >= 0.3 is 0 Å². The highest BCUT2D eigenvalue weighted by Crippen LogP contribution is 2.28. The minimum Gasteiger partial charge on any atom is -0.360 e. The van der Waals surface area contributed by atoms with Gasteiger partial charge in [0.25, 0.3) is 0 Å². The fourth-order valence-electron chi connectivity index (χ4n) is 1.37. The van der Waals surface area contributed by atoms with Gasteiger partial charge in [0.2, 0.25) is 0 Å². The highest BCUT2D eigenvalue weighted by Gasteiger charge is 2.34. The number of hydrogen-bond donors (Lipinski definition) is 0. The lowest BCUT2D eigenvalue weighted by Gasteiger charge is -2.35. The van der Waals surface area contributed by atoms with Crippen molar-refractivity contribution in [1.29, 1.82) is 0 Å². The predicted molar refractivity (Wildman–Crippen MR) is 48.0 cm³/mol. The Labute approximate surface area is 73.6 Å². The van der Waals surface area contributed by atoms with E-state index in [2.05, 4.69) is 6.58 Å². The average molecular weight is 168 g/mol. The van der Waals surface area contributed by atoms with Crippen molar-refractivity contribution in [3.05, 3.63) is 12.2 Å². The molecule has 2 heteroatoms. The van der Waals surface area contributed by atoms with Crippen molar-refractivity contribution in [3.8, 4) is 0 Å². The van der Waals surface area contributed by atoms with Gasteiger partial charge in [0.1, 0.15) is 6.10 Å². The van der Waals surface area contributed by atoms with Crippen molar-refractivity contribution < 1.29 is 9.53 Å². The number of carbonyl (C=O) groups is 1. The van der Waals surface area contributed by atoms with Crippen LogP contribution in [0.4, 0.5) is 0 Å². The molecule has 0 saturated carbocycles. The molecule has 1 aliphatic heterocycles. The van der Waals surface area contributed by atoms with Crippen molar-refractivity contribution in [2.75, 3.05) is 0 Å². The second-order valence-electron chi connectivity index (χ2n) is 4.07. The van der Waals surface area contributed by atoms with Crippen LogP contribution in [-0.4, -0.2) is 17.5 Å². The standard InChI is InChI=1S/C10H16O2/c1-7(2)9-8(11)5-6-10(3,4)12-9/h9H,1,5-6H2,2-4H3. The minimum absolute atomic E-state index is 0.168. The summed E-state index contributed by atoms with van der Waals surface area (Å²) in [6.07, 6.45) is 1.06. The van der Waals surface area contributed by atoms with Crippen LogP contribution in [0.3, 0.4) is 0 Å². The molecule has 1 atom stereocenters. The molecule has 1 rings (SSSR count). The highest BCUT2D eigenvalue weighted by atomic mass is 16.5. The van der Waals surface area contributed by atoms with Gasteiger partial charge < -0.3 is 4.74 Å². The van der Waals surface area contributed by atoms with E-state index >= 15 is 0 Å². The van der Waals surface area contributed by atoms with Gasteiger partial charge in [0.05, 0.1) is 5.60 Å². The van der Waals surface area contributed by atoms with Crippen LogP contribution in [0.2, 0.25) is 0 Å². The fourth-order valence-corrected chi connectivity index (χ4v) is 1.37. The van der Waals surface area contributed by atoms with Crippen molar-refractivity contribution in [3.63, 3.8) is 0 Å². The normalized spacial score (nSPS) is 28.6. The van der Waals surface area contributed by atoms with Gasteiger partial charge in [-0.1, -0.05) is 6.58 Å². The molecule has 0 amide bonds. The second-order valence-corrected chi connectivity index (χ2v) is 4.07. The molecule has 0 aromatic heterocycles. The van der Waals surface area contributed by atoms with E-state index in [4.69, 9.17) is 4.74 Å². The Kier molecular flexibility index (Phi) is 2.38. The van der Waals surface area contributed by atoms with E-state index in [1.54, 1.807) is 0 Å². The average Bonchev–Trinajstić information content (AvgIpc) is 1.94. The Morgan fingerprint density at radius 1 is 1.67 bits per heavy atom. The molecule has 0 radical (unpaired) electrons. The summed E-state index contributed by atoms with van der Waals surface area (Å²) in [5.41, 5.74) is 0.644. The van der Waals surface area contributed by atoms with Gasteiger partial charge in [-0.05, 0) is 32.8 Å². The first-order valence-electron chi connectivity index (χ1n) is 4.28. The summed E-state index contributed by atoms with van der Waals surface area (Å²) in [6.45, 7) is 9.60. The van der Waals surface area contributed by atoms with Crippen LogP contribution in [0, 0.1) is 0 Å². The maximum Gasteiger partial charge on any atom is 0.165 e. The maximum atomic E-state index is 11.3. The molecule has 68 valence electrons. The summed E-state index contributed by atoms with van der Waals surface area (Å²) >= 11 is 0. The Morgan fingerprint density at radius 3 is 2.67 bits per heavy atom. The molecular formula is C10H16O2. The SMILES string of the molecule is C=C(C)C1OC(C)(C)CCC1=O. The number of rotatable bonds is 1. The highest BCUT2D eigenvalue weighted by molar-refractivity contribution is 5.86. The van der Waals surface area contributed by atoms with Crippen LogP contribution in [-0.2, 0) is 9.53 Å². The zero-order chi connectivity index (χ0) is 9.35. The lowest BCUT2D eigenvalue weighted by molar-refractivity contribution is -0.149. The summed E-state index contributed by atoms with van der Waals surface area (Å²) in [5, 5.41) is 0. The first-order valence-corrected chi connectivity index (χ1v) is 4.28. The molecule has 0 N–H and O–H groups in total. The lowest BCUT2D eigenvalue weighted by Crippen LogP contribution is -2.41. The van der Waals surface area contributed by atoms with E-state index < -0.39 is 0 Å². The monoisotopic (exact) mass is 168 g/mol. The van der Waals surface area contributed by atoms with E-state index in [0.29, 0.717) is 6.42 Å². The molecule has 1 heterocycles. The first kappa shape index (κ1) is 9.46. The third-order valence-electron chi connectivity index (χ3n) is 2.15. The van der Waals surface area contributed by atoms with E-state index in [9.17, 15) is 4.79 Å². The Bertz CT molecular complexity index is 216. The largest absolute Gasteiger partial charge is 0.360 e. The second kappa shape index (κ2) is 3.02. The van der Waals surface area contributed by atoms with Crippen LogP contribution < -0.4 is 0 Å². The topological polar surface area (TPSA) is 26.3 Å². The zero-order valence-corrected chi connectivity index (χ0v) is 8.02. The van der Waals surface area contributed by atoms with Gasteiger partial charge in [-0.2, -0.15) is 0 Å². The van der Waals surface area contributed by atoms with Gasteiger partial charge in [-0.3, -0.25) is 4.79 Å². The Morgan fingerprint density at radius 2 is 2.25 bits per heavy atom. The minimum atomic E-state index is -0.367. The number of hydrogen-bond acceptors (Lipinski definition) is 2. The summed E-state index contributed by atoms with van der Waals surface area (Å²) in [6, 6.07) is 0. The summed E-state index contributed by atoms with van der Waals surface area (Å²) in [5.74, 6) is 0.168. The number of carbonyl (C=O) groups excluding carboxylic acids is 1. The molecule has 0 aromatic carbocycles. The molecule has 1 fully saturated rings. The van der Waals surface area contributed by atoms with Crippen LogP contribution in [0.1, 0.15) is 33.6 Å². The molecule has 1 unspecified atom stereocenters. The van der Waals surface area contributed by atoms with Gasteiger partial charge in [0.15, 0.2) is 5.78 Å². The smallest absolute Gasteiger partial charge is 0.165 e. The Balaban J connectivity index is 2.72. The molecule has 1 aliphatic rings. The van der Waals surface area contributed by atoms with Crippen molar-refractivity contribution in [2.45, 2.75) is 45.3 Å². The molecule has 0 spiro atoms. The third kappa shape index (κ3) is 1.95. The van der Waals surface area contributed by atoms with Crippen LogP contribution >= 0.6 is 0 Å². The van der Waals surface area contributed by atoms with Gasteiger partial charge in [0, 0.05) is 6.42 Å². The zero-order valence-electron chi connectivity index (χ0n) is 8.02. The molecule has 2 nitrogen and oxygen atoms in total. The Hall–Kier alpha value is -0.630. The first-order chi connectivity index (χ1) is 5.42. The van der Waals surface area contributed by atoms with E-state index in [0.717, 1.165) is 12.0 Å². The molecule has 0 bridgehead atoms. The van der Waals surface area contributed by atoms with Crippen LogP contribution in [0.25, 0.3) is 0 Å². The molecule has 0 aliphatic carbocycles. The maximum absolute atomic E-state index is 11.3. The summed E-state index contributed by atoms with van der Waals surface area (Å²) in [4.78, 5) is 11.3. The fraction of sp³-hybridized carbons (Fsp3) is 0.700. The van der Waals surface area contributed by atoms with E-state index in [1.807, 2.05) is 20.8 Å². The van der Waals surface area contributed by atoms with Crippen molar-refractivity contribution in [1.82, 2.24) is 0 Å². The van der Waals surface area contributed by atoms with E-state index in [1.165, 1.54) is 0 Å². The molecular weight excluding hydrogens is 152 g/mol. The van der Waals surface area contributed by atoms with Crippen molar-refractivity contribution in [2.24, 2.45) is 0 Å². The predicted octanol–water partition coefficient (Wildman–Crippen LogP) is 2.09. The third-order valence-corrected chi connectivity index (χ3v) is 2.15. The molecule has 1 saturated heterocycles. The number of ether oxygens (including phenoxy) is 1. The quantitative estimate of drug-likeness (QED) is 0.560. The van der Waals surface area contributed by atoms with Gasteiger partial charge in [-0.15, -0.1) is 0 Å². The number of ketones is 1. The lowest BCUT2D eigenvalue weighted by atomic mass is 9.92. The summed E-state index contributed by atoms with van der Waals surface area (Å²) < 4.78 is 5.60. The molecule has 0 aromatic rings. The number of Topliss-reactive ketones (excluding diaryl/α,β-unsaturated/α-hetero) is 1. The van der Waals surface area contributed by atoms with E-state index in [-0.39, 0.29) is 17.5 Å². The van der Waals surface area contributed by atoms with Crippen LogP contribution in [0.15, 0.2) is 12.2 Å².